The Bertz CT molecular complexity index is 1290. The number of rotatable bonds is 6. The number of nitrogens with zero attached hydrogens (tertiary/aromatic N) is 3. The number of ether oxygens (including phenoxy) is 2. The molecule has 0 saturated carbocycles. The van der Waals surface area contributed by atoms with Gasteiger partial charge in [-0.05, 0) is 43.7 Å². The Morgan fingerprint density at radius 3 is 2.70 bits per heavy atom. The molecular formula is C25H29F2N5O5. The maximum atomic E-state index is 15.4. The molecule has 1 aliphatic rings. The molecule has 0 aliphatic carbocycles. The van der Waals surface area contributed by atoms with Crippen LogP contribution in [0.3, 0.4) is 0 Å². The fourth-order valence-corrected chi connectivity index (χ4v) is 4.25. The summed E-state index contributed by atoms with van der Waals surface area (Å²) in [6.45, 7) is 4.11. The molecule has 1 unspecified atom stereocenters. The lowest BCUT2D eigenvalue weighted by Crippen LogP contribution is -2.46. The number of carbonyl (C=O) groups is 2. The van der Waals surface area contributed by atoms with Crippen molar-refractivity contribution in [2.24, 2.45) is 0 Å². The van der Waals surface area contributed by atoms with Crippen LogP contribution >= 0.6 is 0 Å². The smallest absolute Gasteiger partial charge is 0.409 e. The van der Waals surface area contributed by atoms with Gasteiger partial charge in [-0.15, -0.1) is 0 Å². The van der Waals surface area contributed by atoms with Gasteiger partial charge in [0.15, 0.2) is 0 Å². The van der Waals surface area contributed by atoms with E-state index in [1.165, 1.54) is 12.0 Å². The van der Waals surface area contributed by atoms with Crippen LogP contribution < -0.4 is 10.6 Å². The van der Waals surface area contributed by atoms with Crippen LogP contribution in [0, 0.1) is 18.6 Å². The van der Waals surface area contributed by atoms with Crippen molar-refractivity contribution >= 4 is 23.5 Å². The predicted octanol–water partition coefficient (Wildman–Crippen LogP) is 3.10. The first-order valence-electron chi connectivity index (χ1n) is 11.8. The number of aromatic nitrogens is 2. The van der Waals surface area contributed by atoms with Gasteiger partial charge in [0.2, 0.25) is 0 Å². The number of aryl methyl sites for hydroxylation is 1. The molecule has 1 saturated heterocycles. The lowest BCUT2D eigenvalue weighted by atomic mass is 10.0. The predicted molar refractivity (Wildman–Crippen MR) is 131 cm³/mol. The first kappa shape index (κ1) is 26.3. The molecule has 0 spiro atoms. The minimum Gasteiger partial charge on any atom is -0.453 e. The number of nitrogens with one attached hydrogen (secondary N) is 2. The number of imidazole rings is 1. The van der Waals surface area contributed by atoms with Crippen LogP contribution in [0.2, 0.25) is 0 Å². The molecule has 198 valence electrons. The number of aliphatic hydroxyl groups excluding tert-OH is 1. The van der Waals surface area contributed by atoms with Gasteiger partial charge in [0.25, 0.3) is 0 Å². The molecule has 3 aromatic rings. The summed E-state index contributed by atoms with van der Waals surface area (Å²) < 4.78 is 43.1. The number of morpholine rings is 1. The Hall–Kier alpha value is -3.77. The normalized spacial score (nSPS) is 16.5. The second-order valence-electron chi connectivity index (χ2n) is 8.95. The number of hydrogen-bond donors (Lipinski definition) is 3. The highest BCUT2D eigenvalue weighted by Gasteiger charge is 2.29. The van der Waals surface area contributed by atoms with E-state index >= 15 is 8.78 Å². The monoisotopic (exact) mass is 517 g/mol. The number of benzene rings is 1. The summed E-state index contributed by atoms with van der Waals surface area (Å²) in [7, 11) is 1.30. The Balaban J connectivity index is 1.69. The molecule has 4 rings (SSSR count). The first-order valence-corrected chi connectivity index (χ1v) is 11.8. The fraction of sp³-hybridized carbons (Fsp3) is 0.400. The summed E-state index contributed by atoms with van der Waals surface area (Å²) in [4.78, 5) is 30.1. The zero-order valence-electron chi connectivity index (χ0n) is 20.8. The molecule has 3 N–H and O–H groups in total. The SMILES string of the molecule is COC(=O)N1CCO[C@@H](Cc2c(-c3c(F)cc(NC(=O)NC(C)CO)cc3F)nc3cc(C)ccn23)C1. The molecule has 37 heavy (non-hydrogen) atoms. The molecule has 3 heterocycles. The highest BCUT2D eigenvalue weighted by atomic mass is 19.1. The number of pyridine rings is 1. The summed E-state index contributed by atoms with van der Waals surface area (Å²) in [6, 6.07) is 4.44. The largest absolute Gasteiger partial charge is 0.453 e. The molecule has 0 bridgehead atoms. The van der Waals surface area contributed by atoms with E-state index in [1.807, 2.05) is 13.0 Å². The van der Waals surface area contributed by atoms with Gasteiger partial charge >= 0.3 is 12.1 Å². The highest BCUT2D eigenvalue weighted by Crippen LogP contribution is 2.33. The van der Waals surface area contributed by atoms with Crippen molar-refractivity contribution in [3.63, 3.8) is 0 Å². The topological polar surface area (TPSA) is 117 Å². The second kappa shape index (κ2) is 11.1. The highest BCUT2D eigenvalue weighted by molar-refractivity contribution is 5.90. The number of aliphatic hydroxyl groups is 1. The van der Waals surface area contributed by atoms with Crippen molar-refractivity contribution in [3.8, 4) is 11.3 Å². The lowest BCUT2D eigenvalue weighted by molar-refractivity contribution is -0.0241. The third-order valence-electron chi connectivity index (χ3n) is 6.06. The van der Waals surface area contributed by atoms with Gasteiger partial charge in [-0.1, -0.05) is 0 Å². The van der Waals surface area contributed by atoms with Gasteiger partial charge < -0.3 is 34.5 Å². The third-order valence-corrected chi connectivity index (χ3v) is 6.06. The van der Waals surface area contributed by atoms with E-state index in [2.05, 4.69) is 15.6 Å². The maximum Gasteiger partial charge on any atom is 0.409 e. The van der Waals surface area contributed by atoms with Crippen LogP contribution in [0.15, 0.2) is 30.5 Å². The molecule has 12 heteroatoms. The van der Waals surface area contributed by atoms with Gasteiger partial charge in [0.1, 0.15) is 17.3 Å². The standard InChI is InChI=1S/C25H29F2N5O5/c1-14-4-5-32-20(11-17-12-31(6-7-37-17)25(35)36-3)23(30-21(32)8-14)22-18(26)9-16(10-19(22)27)29-24(34)28-15(2)13-33/h4-5,8-10,15,17,33H,6-7,11-13H2,1-3H3,(H2,28,29,34)/t15?,17-/m0/s1. The van der Waals surface area contributed by atoms with E-state index < -0.39 is 35.9 Å². The molecule has 1 aliphatic heterocycles. The molecule has 1 fully saturated rings. The van der Waals surface area contributed by atoms with Crippen LogP contribution in [0.5, 0.6) is 0 Å². The minimum absolute atomic E-state index is 0.0908. The van der Waals surface area contributed by atoms with Crippen molar-refractivity contribution in [2.45, 2.75) is 32.4 Å². The summed E-state index contributed by atoms with van der Waals surface area (Å²) in [5, 5.41) is 13.9. The molecule has 3 amide bonds. The zero-order valence-corrected chi connectivity index (χ0v) is 20.8. The summed E-state index contributed by atoms with van der Waals surface area (Å²) in [6.07, 6.45) is 1.08. The molecule has 2 atom stereocenters. The zero-order chi connectivity index (χ0) is 26.7. The summed E-state index contributed by atoms with van der Waals surface area (Å²) in [5.41, 5.74) is 1.61. The number of urea groups is 1. The van der Waals surface area contributed by atoms with Crippen LogP contribution in [-0.2, 0) is 15.9 Å². The molecule has 2 aromatic heterocycles. The number of halogens is 2. The summed E-state index contributed by atoms with van der Waals surface area (Å²) >= 11 is 0. The number of hydrogen-bond acceptors (Lipinski definition) is 6. The van der Waals surface area contributed by atoms with Gasteiger partial charge in [0.05, 0.1) is 56.0 Å². The number of fused-ring (bicyclic) bond motifs is 1. The van der Waals surface area contributed by atoms with Gasteiger partial charge in [0, 0.05) is 24.8 Å². The van der Waals surface area contributed by atoms with E-state index in [1.54, 1.807) is 23.6 Å². The van der Waals surface area contributed by atoms with E-state index in [0.29, 0.717) is 24.5 Å². The second-order valence-corrected chi connectivity index (χ2v) is 8.95. The van der Waals surface area contributed by atoms with Crippen LogP contribution in [-0.4, -0.2) is 77.1 Å². The Kier molecular flexibility index (Phi) is 7.89. The van der Waals surface area contributed by atoms with Crippen LogP contribution in [0.25, 0.3) is 16.9 Å². The molecule has 10 nitrogen and oxygen atoms in total. The first-order chi connectivity index (χ1) is 17.7. The quantitative estimate of drug-likeness (QED) is 0.463. The van der Waals surface area contributed by atoms with E-state index in [9.17, 15) is 9.59 Å². The fourth-order valence-electron chi connectivity index (χ4n) is 4.25. The lowest BCUT2D eigenvalue weighted by Gasteiger charge is -2.32. The van der Waals surface area contributed by atoms with Gasteiger partial charge in [-0.25, -0.2) is 23.4 Å². The molecule has 0 radical (unpaired) electrons. The third kappa shape index (κ3) is 5.81. The minimum atomic E-state index is -0.910. The number of carbonyl (C=O) groups excluding carboxylic acids is 2. The number of anilines is 1. The number of amides is 3. The van der Waals surface area contributed by atoms with Crippen LogP contribution in [0.1, 0.15) is 18.2 Å². The van der Waals surface area contributed by atoms with Gasteiger partial charge in [-0.2, -0.15) is 0 Å². The van der Waals surface area contributed by atoms with Crippen molar-refractivity contribution in [3.05, 3.63) is 53.4 Å². The van der Waals surface area contributed by atoms with E-state index in [4.69, 9.17) is 14.6 Å². The van der Waals surface area contributed by atoms with Crippen LogP contribution in [0.4, 0.5) is 24.1 Å². The average Bonchev–Trinajstić information content (AvgIpc) is 3.19. The molecular weight excluding hydrogens is 488 g/mol. The number of methoxy groups -OCH3 is 1. The van der Waals surface area contributed by atoms with Crippen molar-refractivity contribution < 1.29 is 33.0 Å². The Morgan fingerprint density at radius 1 is 1.30 bits per heavy atom. The average molecular weight is 518 g/mol. The van der Waals surface area contributed by atoms with Gasteiger partial charge in [-0.3, -0.25) is 0 Å². The van der Waals surface area contributed by atoms with E-state index in [0.717, 1.165) is 17.7 Å². The maximum absolute atomic E-state index is 15.4. The summed E-state index contributed by atoms with van der Waals surface area (Å²) in [5.74, 6) is -1.82. The van der Waals surface area contributed by atoms with Crippen molar-refractivity contribution in [1.82, 2.24) is 19.6 Å². The van der Waals surface area contributed by atoms with Crippen molar-refractivity contribution in [1.29, 1.82) is 0 Å². The van der Waals surface area contributed by atoms with E-state index in [-0.39, 0.29) is 36.5 Å². The Morgan fingerprint density at radius 2 is 2.03 bits per heavy atom. The Labute approximate surface area is 212 Å². The molecule has 1 aromatic carbocycles. The van der Waals surface area contributed by atoms with Crippen molar-refractivity contribution in [2.75, 3.05) is 38.7 Å².